The number of amides is 2. The summed E-state index contributed by atoms with van der Waals surface area (Å²) in [6.07, 6.45) is 0. The van der Waals surface area contributed by atoms with Crippen molar-refractivity contribution < 1.29 is 19.1 Å². The number of carbonyl (C=O) groups is 3. The van der Waals surface area contributed by atoms with Crippen molar-refractivity contribution in [1.29, 1.82) is 0 Å². The van der Waals surface area contributed by atoms with Gasteiger partial charge >= 0.3 is 5.97 Å². The van der Waals surface area contributed by atoms with E-state index in [2.05, 4.69) is 15.0 Å². The van der Waals surface area contributed by atoms with Crippen LogP contribution in [0.4, 0.5) is 10.0 Å². The second-order valence-corrected chi connectivity index (χ2v) is 6.06. The van der Waals surface area contributed by atoms with E-state index in [-0.39, 0.29) is 5.56 Å². The van der Waals surface area contributed by atoms with Crippen molar-refractivity contribution in [1.82, 2.24) is 4.37 Å². The molecular weight excluding hydrogens is 340 g/mol. The van der Waals surface area contributed by atoms with Crippen LogP contribution in [0.25, 0.3) is 0 Å². The number of hydrogen-bond acceptors (Lipinski definition) is 8. The number of esters is 1. The first-order chi connectivity index (χ1) is 10.9. The van der Waals surface area contributed by atoms with Crippen LogP contribution in [0.1, 0.15) is 26.4 Å². The van der Waals surface area contributed by atoms with E-state index in [1.165, 1.54) is 6.07 Å². The Morgan fingerprint density at radius 3 is 2.74 bits per heavy atom. The number of ether oxygens (including phenoxy) is 1. The fraction of sp³-hybridized carbons (Fsp3) is 0.231. The highest BCUT2D eigenvalue weighted by atomic mass is 32.1. The molecule has 0 aromatic carbocycles. The van der Waals surface area contributed by atoms with Gasteiger partial charge in [0.25, 0.3) is 11.8 Å². The van der Waals surface area contributed by atoms with Crippen LogP contribution in [0.15, 0.2) is 11.4 Å². The molecule has 122 valence electrons. The summed E-state index contributed by atoms with van der Waals surface area (Å²) in [7, 11) is 1.67. The van der Waals surface area contributed by atoms with Crippen molar-refractivity contribution in [3.63, 3.8) is 0 Å². The Labute approximate surface area is 139 Å². The summed E-state index contributed by atoms with van der Waals surface area (Å²) in [6, 6.07) is 1.51. The summed E-state index contributed by atoms with van der Waals surface area (Å²) in [5.41, 5.74) is 6.23. The molecule has 2 heterocycles. The minimum Gasteiger partial charge on any atom is -0.452 e. The van der Waals surface area contributed by atoms with Gasteiger partial charge in [0.15, 0.2) is 6.61 Å². The Kier molecular flexibility index (Phi) is 5.29. The minimum atomic E-state index is -0.642. The zero-order valence-corrected chi connectivity index (χ0v) is 14.0. The molecule has 0 saturated carbocycles. The van der Waals surface area contributed by atoms with E-state index < -0.39 is 24.4 Å². The number of anilines is 2. The first kappa shape index (κ1) is 16.9. The van der Waals surface area contributed by atoms with Crippen molar-refractivity contribution in [3.05, 3.63) is 28.3 Å². The lowest BCUT2D eigenvalue weighted by Crippen LogP contribution is -2.22. The van der Waals surface area contributed by atoms with Gasteiger partial charge in [-0.2, -0.15) is 4.37 Å². The molecule has 2 aromatic rings. The molecule has 0 aliphatic rings. The number of aryl methyl sites for hydroxylation is 1. The molecule has 0 saturated heterocycles. The van der Waals surface area contributed by atoms with E-state index >= 15 is 0 Å². The van der Waals surface area contributed by atoms with Crippen LogP contribution in [0.5, 0.6) is 0 Å². The molecule has 8 nitrogen and oxygen atoms in total. The molecular formula is C13H14N4O4S2. The largest absolute Gasteiger partial charge is 0.452 e. The molecule has 0 radical (unpaired) electrons. The number of aromatic nitrogens is 1. The molecule has 0 atom stereocenters. The Balaban J connectivity index is 1.96. The van der Waals surface area contributed by atoms with Crippen LogP contribution in [-0.4, -0.2) is 35.8 Å². The number of carbonyl (C=O) groups excluding carboxylic acids is 3. The Morgan fingerprint density at radius 2 is 2.09 bits per heavy atom. The molecule has 2 rings (SSSR count). The van der Waals surface area contributed by atoms with Crippen LogP contribution in [0.3, 0.4) is 0 Å². The molecule has 0 aliphatic heterocycles. The van der Waals surface area contributed by atoms with Gasteiger partial charge in [0.05, 0.1) is 11.3 Å². The van der Waals surface area contributed by atoms with Crippen LogP contribution in [-0.2, 0) is 9.53 Å². The maximum atomic E-state index is 12.0. The third-order valence-corrected chi connectivity index (χ3v) is 4.60. The standard InChI is InChI=1S/C13H14N4O4S2/c1-6-9(12(15-2)23-17-6)13(20)21-5-8(18)16-11-7(10(14)19)3-4-22-11/h3-4,15H,5H2,1-2H3,(H2,14,19)(H,16,18). The molecule has 0 spiro atoms. The average Bonchev–Trinajstić information content (AvgIpc) is 3.11. The smallest absolute Gasteiger partial charge is 0.343 e. The lowest BCUT2D eigenvalue weighted by Gasteiger charge is -2.07. The van der Waals surface area contributed by atoms with Crippen molar-refractivity contribution in [2.45, 2.75) is 6.92 Å². The van der Waals surface area contributed by atoms with Crippen molar-refractivity contribution in [2.75, 3.05) is 24.3 Å². The molecule has 2 aromatic heterocycles. The lowest BCUT2D eigenvalue weighted by atomic mass is 10.2. The third-order valence-electron chi connectivity index (χ3n) is 2.81. The van der Waals surface area contributed by atoms with E-state index in [1.54, 1.807) is 19.4 Å². The van der Waals surface area contributed by atoms with Gasteiger partial charge in [-0.1, -0.05) is 0 Å². The van der Waals surface area contributed by atoms with E-state index in [0.717, 1.165) is 22.9 Å². The molecule has 0 unspecified atom stereocenters. The topological polar surface area (TPSA) is 123 Å². The minimum absolute atomic E-state index is 0.213. The summed E-state index contributed by atoms with van der Waals surface area (Å²) < 4.78 is 9.04. The summed E-state index contributed by atoms with van der Waals surface area (Å²) in [5, 5.41) is 7.85. The van der Waals surface area contributed by atoms with Gasteiger partial charge in [0, 0.05) is 7.05 Å². The van der Waals surface area contributed by atoms with Crippen molar-refractivity contribution in [3.8, 4) is 0 Å². The second-order valence-electron chi connectivity index (χ2n) is 4.37. The quantitative estimate of drug-likeness (QED) is 0.675. The van der Waals surface area contributed by atoms with Crippen molar-refractivity contribution >= 4 is 50.7 Å². The lowest BCUT2D eigenvalue weighted by molar-refractivity contribution is -0.119. The Morgan fingerprint density at radius 1 is 1.35 bits per heavy atom. The number of thiophene rings is 1. The number of nitrogens with two attached hydrogens (primary N) is 1. The Hall–Kier alpha value is -2.46. The van der Waals surface area contributed by atoms with E-state index in [4.69, 9.17) is 10.5 Å². The summed E-state index contributed by atoms with van der Waals surface area (Å²) in [5.74, 6) is -1.84. The molecule has 23 heavy (non-hydrogen) atoms. The van der Waals surface area contributed by atoms with Crippen LogP contribution in [0, 0.1) is 6.92 Å². The number of primary amides is 1. The predicted molar refractivity (Wildman–Crippen MR) is 88.1 cm³/mol. The molecule has 0 bridgehead atoms. The highest BCUT2D eigenvalue weighted by molar-refractivity contribution is 7.14. The molecule has 0 fully saturated rings. The summed E-state index contributed by atoms with van der Waals surface area (Å²) in [6.45, 7) is 1.20. The zero-order valence-electron chi connectivity index (χ0n) is 12.3. The normalized spacial score (nSPS) is 10.2. The number of nitrogens with one attached hydrogen (secondary N) is 2. The zero-order chi connectivity index (χ0) is 17.0. The van der Waals surface area contributed by atoms with E-state index in [9.17, 15) is 14.4 Å². The predicted octanol–water partition coefficient (Wildman–Crippen LogP) is 1.45. The van der Waals surface area contributed by atoms with Gasteiger partial charge in [-0.25, -0.2) is 4.79 Å². The van der Waals surface area contributed by atoms with Gasteiger partial charge in [0.1, 0.15) is 15.6 Å². The number of nitrogens with zero attached hydrogens (tertiary/aromatic N) is 1. The maximum absolute atomic E-state index is 12.0. The van der Waals surface area contributed by atoms with Gasteiger partial charge < -0.3 is 21.1 Å². The highest BCUT2D eigenvalue weighted by Crippen LogP contribution is 2.25. The van der Waals surface area contributed by atoms with Crippen LogP contribution in [0.2, 0.25) is 0 Å². The fourth-order valence-corrected chi connectivity index (χ4v) is 3.29. The van der Waals surface area contributed by atoms with E-state index in [0.29, 0.717) is 21.3 Å². The van der Waals surface area contributed by atoms with Crippen molar-refractivity contribution in [2.24, 2.45) is 5.73 Å². The third kappa shape index (κ3) is 3.85. The highest BCUT2D eigenvalue weighted by Gasteiger charge is 2.20. The molecule has 10 heteroatoms. The molecule has 2 amide bonds. The Bertz CT molecular complexity index is 753. The SMILES string of the molecule is CNc1snc(C)c1C(=O)OCC(=O)Nc1sccc1C(N)=O. The monoisotopic (exact) mass is 354 g/mol. The van der Waals surface area contributed by atoms with E-state index in [1.807, 2.05) is 0 Å². The second kappa shape index (κ2) is 7.20. The van der Waals surface area contributed by atoms with Gasteiger partial charge in [-0.3, -0.25) is 9.59 Å². The van der Waals surface area contributed by atoms with Crippen LogP contribution < -0.4 is 16.4 Å². The van der Waals surface area contributed by atoms with Crippen LogP contribution >= 0.6 is 22.9 Å². The number of hydrogen-bond donors (Lipinski definition) is 3. The first-order valence-electron chi connectivity index (χ1n) is 6.42. The average molecular weight is 354 g/mol. The number of rotatable bonds is 6. The molecule has 0 aliphatic carbocycles. The molecule has 4 N–H and O–H groups in total. The first-order valence-corrected chi connectivity index (χ1v) is 8.07. The fourth-order valence-electron chi connectivity index (χ4n) is 1.75. The summed E-state index contributed by atoms with van der Waals surface area (Å²) in [4.78, 5) is 35.1. The summed E-state index contributed by atoms with van der Waals surface area (Å²) >= 11 is 2.29. The maximum Gasteiger partial charge on any atom is 0.343 e. The van der Waals surface area contributed by atoms with Gasteiger partial charge in [0.2, 0.25) is 0 Å². The van der Waals surface area contributed by atoms with Gasteiger partial charge in [-0.05, 0) is 29.9 Å². The van der Waals surface area contributed by atoms with Gasteiger partial charge in [-0.15, -0.1) is 11.3 Å².